The molecular formula is C21H12Cl2N2O5. The van der Waals surface area contributed by atoms with Gasteiger partial charge in [-0.25, -0.2) is 9.59 Å². The number of imide groups is 1. The number of carbonyl (C=O) groups is 3. The Kier molecular flexibility index (Phi) is 5.07. The first-order valence-electron chi connectivity index (χ1n) is 8.59. The molecule has 0 bridgehead atoms. The highest BCUT2D eigenvalue weighted by atomic mass is 35.5. The maximum Gasteiger partial charge on any atom is 0.337 e. The molecule has 0 aliphatic carbocycles. The molecule has 7 nitrogen and oxygen atoms in total. The van der Waals surface area contributed by atoms with Crippen LogP contribution in [0.2, 0.25) is 10.0 Å². The average molecular weight is 443 g/mol. The van der Waals surface area contributed by atoms with E-state index in [0.717, 1.165) is 0 Å². The topological polar surface area (TPSA) is 109 Å². The summed E-state index contributed by atoms with van der Waals surface area (Å²) in [5.41, 5.74) is 1.46. The third-order valence-corrected chi connectivity index (χ3v) is 4.94. The van der Waals surface area contributed by atoms with Gasteiger partial charge in [0.1, 0.15) is 17.2 Å². The van der Waals surface area contributed by atoms with Crippen LogP contribution in [-0.2, 0) is 4.79 Å². The number of aromatic carboxylic acids is 1. The number of carbonyl (C=O) groups excluding carboxylic acids is 2. The second-order valence-corrected chi connectivity index (χ2v) is 7.18. The Morgan fingerprint density at radius 3 is 2.40 bits per heavy atom. The number of carboxylic acid groups (broad SMARTS) is 1. The number of carboxylic acids is 1. The van der Waals surface area contributed by atoms with Gasteiger partial charge in [-0.15, -0.1) is 0 Å². The van der Waals surface area contributed by atoms with Crippen molar-refractivity contribution in [1.82, 2.24) is 10.6 Å². The molecule has 150 valence electrons. The first-order valence-corrected chi connectivity index (χ1v) is 9.35. The second kappa shape index (κ2) is 7.70. The summed E-state index contributed by atoms with van der Waals surface area (Å²) in [7, 11) is 0. The minimum atomic E-state index is -1.14. The van der Waals surface area contributed by atoms with E-state index in [2.05, 4.69) is 10.6 Å². The van der Waals surface area contributed by atoms with Crippen LogP contribution in [0.15, 0.2) is 64.7 Å². The Hall–Kier alpha value is -3.55. The van der Waals surface area contributed by atoms with Crippen LogP contribution in [0.1, 0.15) is 21.7 Å². The first-order chi connectivity index (χ1) is 14.3. The fourth-order valence-electron chi connectivity index (χ4n) is 3.07. The van der Waals surface area contributed by atoms with Crippen LogP contribution >= 0.6 is 23.2 Å². The largest absolute Gasteiger partial charge is 0.478 e. The Bertz CT molecular complexity index is 1250. The highest BCUT2D eigenvalue weighted by molar-refractivity contribution is 6.33. The van der Waals surface area contributed by atoms with Gasteiger partial charge in [-0.3, -0.25) is 10.1 Å². The molecule has 3 amide bonds. The SMILES string of the molecule is O=C1NC(=O)C(=C(c2cccc(Cl)c2)c2ccc(-c3ccc(C(=O)O)c(Cl)c3)o2)N1. The number of hydrogen-bond donors (Lipinski definition) is 3. The minimum absolute atomic E-state index is 0.0285. The Morgan fingerprint density at radius 2 is 1.77 bits per heavy atom. The van der Waals surface area contributed by atoms with Gasteiger partial charge in [0.15, 0.2) is 0 Å². The summed E-state index contributed by atoms with van der Waals surface area (Å²) >= 11 is 12.2. The monoisotopic (exact) mass is 442 g/mol. The molecule has 1 aromatic heterocycles. The molecular weight excluding hydrogens is 431 g/mol. The van der Waals surface area contributed by atoms with Gasteiger partial charge in [-0.1, -0.05) is 41.4 Å². The zero-order chi connectivity index (χ0) is 21.4. The summed E-state index contributed by atoms with van der Waals surface area (Å²) in [4.78, 5) is 35.1. The molecule has 3 aromatic rings. The summed E-state index contributed by atoms with van der Waals surface area (Å²) in [5.74, 6) is -1.03. The molecule has 9 heteroatoms. The number of furan rings is 1. The number of rotatable bonds is 4. The van der Waals surface area contributed by atoms with Crippen molar-refractivity contribution in [2.45, 2.75) is 0 Å². The van der Waals surface area contributed by atoms with Crippen LogP contribution in [0.3, 0.4) is 0 Å². The molecule has 0 atom stereocenters. The van der Waals surface area contributed by atoms with Crippen LogP contribution in [0.25, 0.3) is 16.9 Å². The van der Waals surface area contributed by atoms with Gasteiger partial charge in [-0.05, 0) is 42.0 Å². The van der Waals surface area contributed by atoms with Gasteiger partial charge in [0, 0.05) is 10.6 Å². The van der Waals surface area contributed by atoms with E-state index < -0.39 is 17.9 Å². The van der Waals surface area contributed by atoms with Crippen molar-refractivity contribution in [2.75, 3.05) is 0 Å². The van der Waals surface area contributed by atoms with Crippen molar-refractivity contribution >= 4 is 46.7 Å². The fraction of sp³-hybridized carbons (Fsp3) is 0. The van der Waals surface area contributed by atoms with Gasteiger partial charge in [0.2, 0.25) is 0 Å². The predicted molar refractivity (Wildman–Crippen MR) is 110 cm³/mol. The van der Waals surface area contributed by atoms with Crippen molar-refractivity contribution in [3.8, 4) is 11.3 Å². The lowest BCUT2D eigenvalue weighted by Crippen LogP contribution is -2.22. The molecule has 4 rings (SSSR count). The summed E-state index contributed by atoms with van der Waals surface area (Å²) in [6.45, 7) is 0. The summed E-state index contributed by atoms with van der Waals surface area (Å²) in [6.07, 6.45) is 0. The summed E-state index contributed by atoms with van der Waals surface area (Å²) in [5, 5.41) is 14.3. The maximum absolute atomic E-state index is 12.3. The van der Waals surface area contributed by atoms with Crippen LogP contribution in [0.5, 0.6) is 0 Å². The molecule has 3 N–H and O–H groups in total. The van der Waals surface area contributed by atoms with Crippen molar-refractivity contribution in [3.63, 3.8) is 0 Å². The van der Waals surface area contributed by atoms with E-state index in [4.69, 9.17) is 32.7 Å². The lowest BCUT2D eigenvalue weighted by molar-refractivity contribution is -0.115. The second-order valence-electron chi connectivity index (χ2n) is 6.33. The van der Waals surface area contributed by atoms with Crippen molar-refractivity contribution < 1.29 is 23.9 Å². The highest BCUT2D eigenvalue weighted by Crippen LogP contribution is 2.34. The van der Waals surface area contributed by atoms with E-state index in [1.165, 1.54) is 12.1 Å². The average Bonchev–Trinajstić information content (AvgIpc) is 3.29. The molecule has 0 unspecified atom stereocenters. The van der Waals surface area contributed by atoms with Gasteiger partial charge in [-0.2, -0.15) is 0 Å². The summed E-state index contributed by atoms with van der Waals surface area (Å²) < 4.78 is 5.94. The molecule has 0 spiro atoms. The van der Waals surface area contributed by atoms with Gasteiger partial charge < -0.3 is 14.8 Å². The Balaban J connectivity index is 1.83. The van der Waals surface area contributed by atoms with E-state index >= 15 is 0 Å². The van der Waals surface area contributed by atoms with Gasteiger partial charge in [0.25, 0.3) is 5.91 Å². The van der Waals surface area contributed by atoms with Crippen LogP contribution in [0.4, 0.5) is 4.79 Å². The zero-order valence-corrected chi connectivity index (χ0v) is 16.5. The van der Waals surface area contributed by atoms with Crippen LogP contribution < -0.4 is 10.6 Å². The van der Waals surface area contributed by atoms with Gasteiger partial charge in [0.05, 0.1) is 16.2 Å². The predicted octanol–water partition coefficient (Wildman–Crippen LogP) is 4.55. The lowest BCUT2D eigenvalue weighted by Gasteiger charge is -2.09. The molecule has 1 aliphatic heterocycles. The van der Waals surface area contributed by atoms with Crippen molar-refractivity contribution in [1.29, 1.82) is 0 Å². The number of nitrogens with one attached hydrogen (secondary N) is 2. The molecule has 0 saturated carbocycles. The van der Waals surface area contributed by atoms with Crippen molar-refractivity contribution in [2.24, 2.45) is 0 Å². The number of halogens is 2. The van der Waals surface area contributed by atoms with Gasteiger partial charge >= 0.3 is 12.0 Å². The zero-order valence-electron chi connectivity index (χ0n) is 15.0. The molecule has 2 aromatic carbocycles. The van der Waals surface area contributed by atoms with Crippen LogP contribution in [0, 0.1) is 0 Å². The highest BCUT2D eigenvalue weighted by Gasteiger charge is 2.29. The van der Waals surface area contributed by atoms with E-state index in [9.17, 15) is 14.4 Å². The number of hydrogen-bond acceptors (Lipinski definition) is 4. The number of urea groups is 1. The van der Waals surface area contributed by atoms with E-state index in [0.29, 0.717) is 33.2 Å². The molecule has 2 heterocycles. The third-order valence-electron chi connectivity index (χ3n) is 4.39. The molecule has 30 heavy (non-hydrogen) atoms. The van der Waals surface area contributed by atoms with Crippen molar-refractivity contribution in [3.05, 3.63) is 87.2 Å². The number of benzene rings is 2. The van der Waals surface area contributed by atoms with E-state index in [1.807, 2.05) is 0 Å². The molecule has 1 saturated heterocycles. The Labute approximate surface area is 179 Å². The fourth-order valence-corrected chi connectivity index (χ4v) is 3.52. The first kappa shape index (κ1) is 19.8. The van der Waals surface area contributed by atoms with E-state index in [1.54, 1.807) is 42.5 Å². The minimum Gasteiger partial charge on any atom is -0.478 e. The summed E-state index contributed by atoms with van der Waals surface area (Å²) in [6, 6.07) is 13.8. The molecule has 1 fully saturated rings. The van der Waals surface area contributed by atoms with Crippen LogP contribution in [-0.4, -0.2) is 23.0 Å². The van der Waals surface area contributed by atoms with E-state index in [-0.39, 0.29) is 16.3 Å². The normalized spacial score (nSPS) is 15.0. The number of amides is 3. The quantitative estimate of drug-likeness (QED) is 0.405. The third kappa shape index (κ3) is 3.68. The molecule has 0 radical (unpaired) electrons. The standard InChI is InChI=1S/C21H12Cl2N2O5/c22-12-3-1-2-11(8-12)17(18-19(26)25-21(29)24-18)16-7-6-15(30-16)10-4-5-13(20(27)28)14(23)9-10/h1-9H,(H,27,28)(H2,24,25,26,29). The smallest absolute Gasteiger partial charge is 0.337 e. The molecule has 1 aliphatic rings. The maximum atomic E-state index is 12.3. The lowest BCUT2D eigenvalue weighted by atomic mass is 10.0. The Morgan fingerprint density at radius 1 is 0.967 bits per heavy atom.